The molecule has 0 saturated carbocycles. The predicted octanol–water partition coefficient (Wildman–Crippen LogP) is 1.99. The number of para-hydroxylation sites is 1. The Morgan fingerprint density at radius 3 is 1.83 bits per heavy atom. The molecular weight excluding hydrogens is 503 g/mol. The SMILES string of the molecule is CC(S(=O)(=O)Oc1cn(C)c2ccccc2c1=O)S(=O)(=O)Oc1cn(C)c2cc(F)ccc2c1=O. The van der Waals surface area contributed by atoms with Crippen LogP contribution in [0.3, 0.4) is 0 Å². The van der Waals surface area contributed by atoms with E-state index in [1.807, 2.05) is 0 Å². The molecule has 0 bridgehead atoms. The van der Waals surface area contributed by atoms with Gasteiger partial charge >= 0.3 is 20.2 Å². The van der Waals surface area contributed by atoms with E-state index in [-0.39, 0.29) is 16.3 Å². The van der Waals surface area contributed by atoms with Crippen LogP contribution < -0.4 is 19.2 Å². The minimum atomic E-state index is -4.98. The van der Waals surface area contributed by atoms with E-state index >= 15 is 0 Å². The van der Waals surface area contributed by atoms with Crippen molar-refractivity contribution in [1.82, 2.24) is 9.13 Å². The molecule has 184 valence electrons. The van der Waals surface area contributed by atoms with Gasteiger partial charge in [-0.1, -0.05) is 12.1 Å². The first-order chi connectivity index (χ1) is 16.3. The Kier molecular flexibility index (Phi) is 5.93. The number of rotatable bonds is 6. The fourth-order valence-corrected chi connectivity index (χ4v) is 5.88. The topological polar surface area (TPSA) is 131 Å². The average Bonchev–Trinajstić information content (AvgIpc) is 2.80. The first-order valence-corrected chi connectivity index (χ1v) is 13.0. The summed E-state index contributed by atoms with van der Waals surface area (Å²) >= 11 is 0. The van der Waals surface area contributed by atoms with Crippen molar-refractivity contribution in [2.45, 2.75) is 11.5 Å². The van der Waals surface area contributed by atoms with Crippen molar-refractivity contribution < 1.29 is 29.6 Å². The highest BCUT2D eigenvalue weighted by molar-refractivity contribution is 8.05. The number of hydrogen-bond donors (Lipinski definition) is 0. The Morgan fingerprint density at radius 1 is 0.771 bits per heavy atom. The maximum Gasteiger partial charge on any atom is 0.330 e. The van der Waals surface area contributed by atoms with E-state index in [1.165, 1.54) is 22.2 Å². The number of nitrogens with zero attached hydrogens (tertiary/aromatic N) is 2. The normalized spacial score (nSPS) is 13.1. The molecule has 0 spiro atoms. The van der Waals surface area contributed by atoms with Gasteiger partial charge < -0.3 is 17.5 Å². The molecule has 2 aromatic heterocycles. The molecule has 35 heavy (non-hydrogen) atoms. The first-order valence-electron chi connectivity index (χ1n) is 10.1. The van der Waals surface area contributed by atoms with Gasteiger partial charge in [-0.25, -0.2) is 4.39 Å². The summed E-state index contributed by atoms with van der Waals surface area (Å²) in [5, 5.41) is 0.138. The molecule has 10 nitrogen and oxygen atoms in total. The van der Waals surface area contributed by atoms with Gasteiger partial charge in [0.2, 0.25) is 26.9 Å². The molecule has 0 fully saturated rings. The molecule has 0 amide bonds. The third-order valence-electron chi connectivity index (χ3n) is 5.41. The molecule has 0 saturated heterocycles. The first kappa shape index (κ1) is 24.4. The van der Waals surface area contributed by atoms with Crippen molar-refractivity contribution in [3.8, 4) is 11.5 Å². The van der Waals surface area contributed by atoms with E-state index in [2.05, 4.69) is 0 Å². The van der Waals surface area contributed by atoms with Crippen LogP contribution in [0.4, 0.5) is 4.39 Å². The van der Waals surface area contributed by atoms with E-state index in [9.17, 15) is 30.8 Å². The maximum atomic E-state index is 13.5. The third kappa shape index (κ3) is 4.39. The van der Waals surface area contributed by atoms with Gasteiger partial charge in [0.25, 0.3) is 0 Å². The molecule has 0 aliphatic heterocycles. The Hall–Kier alpha value is -3.71. The molecule has 1 atom stereocenters. The Morgan fingerprint density at radius 2 is 1.26 bits per heavy atom. The van der Waals surface area contributed by atoms with Gasteiger partial charge in [-0.2, -0.15) is 16.8 Å². The van der Waals surface area contributed by atoms with Crippen LogP contribution in [0.5, 0.6) is 11.5 Å². The van der Waals surface area contributed by atoms with Crippen molar-refractivity contribution >= 4 is 42.0 Å². The largest absolute Gasteiger partial charge is 0.376 e. The number of benzene rings is 2. The summed E-state index contributed by atoms with van der Waals surface area (Å²) in [4.78, 5) is 25.4. The fourth-order valence-electron chi connectivity index (χ4n) is 3.48. The molecule has 2 aromatic carbocycles. The summed E-state index contributed by atoms with van der Waals surface area (Å²) in [6, 6.07) is 9.66. The highest BCUT2D eigenvalue weighted by atomic mass is 32.3. The average molecular weight is 523 g/mol. The summed E-state index contributed by atoms with van der Waals surface area (Å²) < 4.78 is 74.8. The summed E-state index contributed by atoms with van der Waals surface area (Å²) in [6.07, 6.45) is 2.13. The molecule has 0 N–H and O–H groups in total. The molecule has 2 heterocycles. The zero-order valence-corrected chi connectivity index (χ0v) is 20.3. The van der Waals surface area contributed by atoms with E-state index in [0.29, 0.717) is 5.52 Å². The number of pyridine rings is 2. The monoisotopic (exact) mass is 522 g/mol. The van der Waals surface area contributed by atoms with Crippen LogP contribution in [0.25, 0.3) is 21.8 Å². The zero-order chi connectivity index (χ0) is 25.7. The van der Waals surface area contributed by atoms with Crippen molar-refractivity contribution in [3.63, 3.8) is 0 Å². The third-order valence-corrected chi connectivity index (χ3v) is 9.27. The smallest absolute Gasteiger partial charge is 0.330 e. The van der Waals surface area contributed by atoms with Crippen LogP contribution >= 0.6 is 0 Å². The van der Waals surface area contributed by atoms with E-state index < -0.39 is 53.0 Å². The number of fused-ring (bicyclic) bond motifs is 2. The molecule has 0 radical (unpaired) electrons. The van der Waals surface area contributed by atoms with Gasteiger partial charge in [-0.05, 0) is 37.3 Å². The van der Waals surface area contributed by atoms with Gasteiger partial charge in [-0.15, -0.1) is 0 Å². The van der Waals surface area contributed by atoms with Gasteiger partial charge in [0.05, 0.1) is 23.4 Å². The summed E-state index contributed by atoms with van der Waals surface area (Å²) in [5.74, 6) is -1.89. The van der Waals surface area contributed by atoms with Gasteiger partial charge in [0.15, 0.2) is 0 Å². The van der Waals surface area contributed by atoms with Crippen LogP contribution in [0.1, 0.15) is 6.92 Å². The fraction of sp³-hybridized carbons (Fsp3) is 0.182. The number of aryl methyl sites for hydroxylation is 2. The molecule has 4 aromatic rings. The molecule has 13 heteroatoms. The minimum Gasteiger partial charge on any atom is -0.376 e. The van der Waals surface area contributed by atoms with Crippen molar-refractivity contribution in [1.29, 1.82) is 0 Å². The van der Waals surface area contributed by atoms with Crippen LogP contribution in [0.2, 0.25) is 0 Å². The minimum absolute atomic E-state index is 0.0342. The number of aromatic nitrogens is 2. The summed E-state index contributed by atoms with van der Waals surface area (Å²) in [7, 11) is -6.95. The van der Waals surface area contributed by atoms with Crippen LogP contribution in [-0.2, 0) is 34.3 Å². The lowest BCUT2D eigenvalue weighted by atomic mass is 10.2. The van der Waals surface area contributed by atoms with Crippen molar-refractivity contribution in [2.75, 3.05) is 0 Å². The molecule has 4 rings (SSSR count). The zero-order valence-electron chi connectivity index (χ0n) is 18.6. The molecule has 1 unspecified atom stereocenters. The quantitative estimate of drug-likeness (QED) is 0.352. The van der Waals surface area contributed by atoms with Crippen LogP contribution in [0, 0.1) is 5.82 Å². The highest BCUT2D eigenvalue weighted by Gasteiger charge is 2.39. The van der Waals surface area contributed by atoms with Crippen LogP contribution in [-0.4, -0.2) is 30.6 Å². The summed E-state index contributed by atoms with van der Waals surface area (Å²) in [6.45, 7) is 0.789. The Bertz CT molecular complexity index is 1830. The second-order valence-corrected chi connectivity index (χ2v) is 11.8. The number of hydrogen-bond acceptors (Lipinski definition) is 8. The highest BCUT2D eigenvalue weighted by Crippen LogP contribution is 2.22. The Labute approximate surface area is 199 Å². The van der Waals surface area contributed by atoms with Gasteiger partial charge in [0.1, 0.15) is 5.82 Å². The Balaban J connectivity index is 1.69. The second kappa shape index (κ2) is 8.50. The molecule has 0 aliphatic carbocycles. The van der Waals surface area contributed by atoms with E-state index in [4.69, 9.17) is 8.37 Å². The lowest BCUT2D eigenvalue weighted by Crippen LogP contribution is -2.35. The van der Waals surface area contributed by atoms with Crippen molar-refractivity contribution in [3.05, 3.63) is 81.1 Å². The standard InChI is InChI=1S/C22H19FN2O8S2/c1-13(34(28,29)32-19-11-24(2)17-7-5-4-6-15(17)21(19)26)35(30,31)33-20-12-25(3)18-10-14(23)8-9-16(18)22(20)27/h4-13H,1-3H3. The van der Waals surface area contributed by atoms with Crippen LogP contribution in [0.15, 0.2) is 64.4 Å². The van der Waals surface area contributed by atoms with E-state index in [1.54, 1.807) is 25.2 Å². The lowest BCUT2D eigenvalue weighted by molar-refractivity contribution is 0.458. The second-order valence-electron chi connectivity index (χ2n) is 7.77. The predicted molar refractivity (Wildman–Crippen MR) is 127 cm³/mol. The van der Waals surface area contributed by atoms with E-state index in [0.717, 1.165) is 37.5 Å². The van der Waals surface area contributed by atoms with Crippen molar-refractivity contribution in [2.24, 2.45) is 14.1 Å². The number of halogens is 1. The lowest BCUT2D eigenvalue weighted by Gasteiger charge is -2.16. The molecular formula is C22H19FN2O8S2. The summed E-state index contributed by atoms with van der Waals surface area (Å²) in [5.41, 5.74) is -0.937. The van der Waals surface area contributed by atoms with Gasteiger partial charge in [-0.3, -0.25) is 9.59 Å². The molecule has 0 aliphatic rings. The van der Waals surface area contributed by atoms with Gasteiger partial charge in [0, 0.05) is 24.9 Å². The maximum absolute atomic E-state index is 13.5.